The van der Waals surface area contributed by atoms with Crippen LogP contribution in [0, 0.1) is 16.0 Å². The van der Waals surface area contributed by atoms with Gasteiger partial charge in [0.15, 0.2) is 0 Å². The van der Waals surface area contributed by atoms with E-state index in [2.05, 4.69) is 10.6 Å². The molecule has 4 amide bonds. The van der Waals surface area contributed by atoms with E-state index in [0.717, 1.165) is 23.8 Å². The van der Waals surface area contributed by atoms with E-state index in [-0.39, 0.29) is 53.9 Å². The number of benzene rings is 1. The fraction of sp³-hybridized carbons (Fsp3) is 0.444. The van der Waals surface area contributed by atoms with Gasteiger partial charge in [0.25, 0.3) is 17.5 Å². The van der Waals surface area contributed by atoms with Gasteiger partial charge < -0.3 is 10.6 Å². The topological polar surface area (TPSA) is 139 Å². The number of rotatable bonds is 9. The number of fused-ring (bicyclic) bond motifs is 1. The van der Waals surface area contributed by atoms with Crippen molar-refractivity contribution < 1.29 is 24.1 Å². The first kappa shape index (κ1) is 19.5. The Hall–Kier alpha value is -3.30. The van der Waals surface area contributed by atoms with Crippen molar-refractivity contribution in [2.75, 3.05) is 19.6 Å². The summed E-state index contributed by atoms with van der Waals surface area (Å²) in [7, 11) is 0. The number of nitro groups is 1. The predicted molar refractivity (Wildman–Crippen MR) is 96.4 cm³/mol. The summed E-state index contributed by atoms with van der Waals surface area (Å²) in [5.41, 5.74) is -0.114. The molecule has 0 radical (unpaired) electrons. The molecule has 3 rings (SSSR count). The van der Waals surface area contributed by atoms with Crippen molar-refractivity contribution in [3.05, 3.63) is 39.4 Å². The van der Waals surface area contributed by atoms with E-state index < -0.39 is 16.7 Å². The van der Waals surface area contributed by atoms with Crippen LogP contribution >= 0.6 is 0 Å². The number of carbonyl (C=O) groups excluding carboxylic acids is 4. The van der Waals surface area contributed by atoms with Crippen LogP contribution in [0.5, 0.6) is 0 Å². The molecule has 0 aromatic heterocycles. The van der Waals surface area contributed by atoms with Gasteiger partial charge in [0.2, 0.25) is 11.8 Å². The maximum atomic E-state index is 12.3. The molecule has 148 valence electrons. The number of nitrogens with zero attached hydrogens (tertiary/aromatic N) is 2. The Morgan fingerprint density at radius 2 is 1.79 bits per heavy atom. The van der Waals surface area contributed by atoms with Crippen LogP contribution in [0.25, 0.3) is 0 Å². The summed E-state index contributed by atoms with van der Waals surface area (Å²) in [5.74, 6) is -1.21. The molecule has 1 aromatic rings. The molecule has 0 bridgehead atoms. The number of hydrogen-bond acceptors (Lipinski definition) is 6. The highest BCUT2D eigenvalue weighted by Gasteiger charge is 2.36. The second-order valence-corrected chi connectivity index (χ2v) is 6.77. The van der Waals surface area contributed by atoms with Crippen molar-refractivity contribution >= 4 is 29.3 Å². The number of hydrogen-bond donors (Lipinski definition) is 2. The van der Waals surface area contributed by atoms with Gasteiger partial charge in [-0.05, 0) is 25.3 Å². The Balaban J connectivity index is 1.41. The van der Waals surface area contributed by atoms with Crippen LogP contribution in [0.3, 0.4) is 0 Å². The molecule has 0 unspecified atom stereocenters. The lowest BCUT2D eigenvalue weighted by atomic mass is 10.1. The summed E-state index contributed by atoms with van der Waals surface area (Å²) in [5, 5.41) is 16.2. The molecule has 1 aliphatic heterocycles. The smallest absolute Gasteiger partial charge is 0.270 e. The number of amides is 4. The molecule has 2 N–H and O–H groups in total. The summed E-state index contributed by atoms with van der Waals surface area (Å²) < 4.78 is 0. The van der Waals surface area contributed by atoms with Gasteiger partial charge in [-0.15, -0.1) is 0 Å². The van der Waals surface area contributed by atoms with E-state index in [0.29, 0.717) is 13.1 Å². The second-order valence-electron chi connectivity index (χ2n) is 6.77. The summed E-state index contributed by atoms with van der Waals surface area (Å²) in [6, 6.07) is 3.55. The number of nitrogens with one attached hydrogen (secondary N) is 2. The molecule has 1 aliphatic carbocycles. The van der Waals surface area contributed by atoms with Crippen molar-refractivity contribution in [3.8, 4) is 0 Å². The number of carbonyl (C=O) groups is 4. The Bertz CT molecular complexity index is 848. The average molecular weight is 388 g/mol. The van der Waals surface area contributed by atoms with Crippen LogP contribution in [0.4, 0.5) is 5.69 Å². The van der Waals surface area contributed by atoms with E-state index in [9.17, 15) is 29.3 Å². The zero-order valence-electron chi connectivity index (χ0n) is 15.1. The lowest BCUT2D eigenvalue weighted by Crippen LogP contribution is -2.36. The zero-order chi connectivity index (χ0) is 20.3. The molecule has 0 spiro atoms. The van der Waals surface area contributed by atoms with Gasteiger partial charge >= 0.3 is 0 Å². The predicted octanol–water partition coefficient (Wildman–Crippen LogP) is 0.613. The highest BCUT2D eigenvalue weighted by atomic mass is 16.6. The van der Waals surface area contributed by atoms with Crippen molar-refractivity contribution in [1.29, 1.82) is 0 Å². The van der Waals surface area contributed by atoms with E-state index in [1.807, 2.05) is 0 Å². The molecule has 0 saturated heterocycles. The first-order valence-corrected chi connectivity index (χ1v) is 9.07. The van der Waals surface area contributed by atoms with Crippen molar-refractivity contribution in [2.45, 2.75) is 25.7 Å². The van der Waals surface area contributed by atoms with Gasteiger partial charge in [0.05, 0.1) is 16.1 Å². The minimum absolute atomic E-state index is 0.00931. The molecule has 0 atom stereocenters. The number of nitro benzene ring substituents is 1. The zero-order valence-corrected chi connectivity index (χ0v) is 15.1. The Morgan fingerprint density at radius 3 is 2.46 bits per heavy atom. The van der Waals surface area contributed by atoms with Crippen LogP contribution in [0.15, 0.2) is 18.2 Å². The molecule has 1 heterocycles. The second kappa shape index (κ2) is 8.15. The van der Waals surface area contributed by atoms with Gasteiger partial charge in [0.1, 0.15) is 0 Å². The van der Waals surface area contributed by atoms with Gasteiger partial charge in [-0.2, -0.15) is 0 Å². The van der Waals surface area contributed by atoms with E-state index in [1.54, 1.807) is 0 Å². The minimum Gasteiger partial charge on any atom is -0.354 e. The van der Waals surface area contributed by atoms with Gasteiger partial charge in [-0.1, -0.05) is 0 Å². The molecule has 10 nitrogen and oxygen atoms in total. The van der Waals surface area contributed by atoms with Gasteiger partial charge in [-0.3, -0.25) is 34.2 Å². The van der Waals surface area contributed by atoms with Crippen molar-refractivity contribution in [1.82, 2.24) is 15.5 Å². The lowest BCUT2D eigenvalue weighted by molar-refractivity contribution is -0.384. The average Bonchev–Trinajstić information content (AvgIpc) is 3.49. The highest BCUT2D eigenvalue weighted by Crippen LogP contribution is 2.28. The molecule has 1 fully saturated rings. The standard InChI is InChI=1S/C18H20N4O6/c23-15(19-7-8-20-16(24)11-3-4-11)2-1-9-21-17(25)13-6-5-12(22(27)28)10-14(13)18(21)26/h5-6,10-11H,1-4,7-9H2,(H,19,23)(H,20,24). The largest absolute Gasteiger partial charge is 0.354 e. The Labute approximate surface area is 160 Å². The van der Waals surface area contributed by atoms with Gasteiger partial charge in [-0.25, -0.2) is 0 Å². The van der Waals surface area contributed by atoms with Crippen molar-refractivity contribution in [2.24, 2.45) is 5.92 Å². The molecule has 1 aromatic carbocycles. The Kier molecular flexibility index (Phi) is 5.67. The quantitative estimate of drug-likeness (QED) is 0.275. The van der Waals surface area contributed by atoms with Crippen LogP contribution in [-0.2, 0) is 9.59 Å². The molecule has 10 heteroatoms. The first-order valence-electron chi connectivity index (χ1n) is 9.07. The van der Waals surface area contributed by atoms with Gasteiger partial charge in [0, 0.05) is 44.1 Å². The third-order valence-corrected chi connectivity index (χ3v) is 4.65. The van der Waals surface area contributed by atoms with Crippen LogP contribution < -0.4 is 10.6 Å². The lowest BCUT2D eigenvalue weighted by Gasteiger charge is -2.13. The first-order chi connectivity index (χ1) is 13.4. The van der Waals surface area contributed by atoms with Crippen LogP contribution in [0.1, 0.15) is 46.4 Å². The third kappa shape index (κ3) is 4.33. The van der Waals surface area contributed by atoms with E-state index in [1.165, 1.54) is 12.1 Å². The maximum absolute atomic E-state index is 12.3. The molecule has 1 saturated carbocycles. The Morgan fingerprint density at radius 1 is 1.11 bits per heavy atom. The summed E-state index contributed by atoms with van der Waals surface area (Å²) in [4.78, 5) is 59.1. The van der Waals surface area contributed by atoms with Crippen LogP contribution in [-0.4, -0.2) is 53.1 Å². The third-order valence-electron chi connectivity index (χ3n) is 4.65. The molecule has 2 aliphatic rings. The highest BCUT2D eigenvalue weighted by molar-refractivity contribution is 6.21. The SMILES string of the molecule is O=C(CCCN1C(=O)c2ccc([N+](=O)[O-])cc2C1=O)NCCNC(=O)C1CC1. The minimum atomic E-state index is -0.627. The normalized spacial score (nSPS) is 15.4. The maximum Gasteiger partial charge on any atom is 0.270 e. The fourth-order valence-corrected chi connectivity index (χ4v) is 2.96. The number of non-ortho nitro benzene ring substituents is 1. The summed E-state index contributed by atoms with van der Waals surface area (Å²) >= 11 is 0. The molecular weight excluding hydrogens is 368 g/mol. The van der Waals surface area contributed by atoms with Crippen molar-refractivity contribution in [3.63, 3.8) is 0 Å². The van der Waals surface area contributed by atoms with Crippen LogP contribution in [0.2, 0.25) is 0 Å². The number of imide groups is 1. The monoisotopic (exact) mass is 388 g/mol. The summed E-state index contributed by atoms with van der Waals surface area (Å²) in [6.07, 6.45) is 2.23. The molecule has 28 heavy (non-hydrogen) atoms. The van der Waals surface area contributed by atoms with E-state index in [4.69, 9.17) is 0 Å². The summed E-state index contributed by atoms with van der Waals surface area (Å²) in [6.45, 7) is 0.720. The fourth-order valence-electron chi connectivity index (χ4n) is 2.96. The molecular formula is C18H20N4O6. The van der Waals surface area contributed by atoms with E-state index >= 15 is 0 Å².